The van der Waals surface area contributed by atoms with Crippen molar-refractivity contribution in [2.45, 2.75) is 76.0 Å². The minimum Gasteiger partial charge on any atom is -0.115 e. The molecule has 0 aliphatic heterocycles. The van der Waals surface area contributed by atoms with Crippen LogP contribution in [0.15, 0.2) is 36.4 Å². The molecule has 0 radical (unpaired) electrons. The van der Waals surface area contributed by atoms with Gasteiger partial charge in [-0.25, -0.2) is 0 Å². The van der Waals surface area contributed by atoms with Crippen LogP contribution in [0, 0.1) is 95.7 Å². The maximum absolute atomic E-state index is 6.41. The number of hydrogen-bond acceptors (Lipinski definition) is 0. The first-order chi connectivity index (χ1) is 19.5. The fraction of sp³-hybridized carbons (Fsp3) is 0.500. The third-order valence-electron chi connectivity index (χ3n) is 13.2. The summed E-state index contributed by atoms with van der Waals surface area (Å²) in [5, 5.41) is 0. The van der Waals surface area contributed by atoms with Crippen molar-refractivity contribution in [2.75, 3.05) is 0 Å². The van der Waals surface area contributed by atoms with Crippen molar-refractivity contribution in [1.82, 2.24) is 0 Å². The van der Waals surface area contributed by atoms with Gasteiger partial charge in [-0.3, -0.25) is 0 Å². The number of hydrogen-bond donors (Lipinski definition) is 0. The van der Waals surface area contributed by atoms with Gasteiger partial charge >= 0.3 is 0 Å². The van der Waals surface area contributed by atoms with Crippen LogP contribution < -0.4 is 0 Å². The number of benzene rings is 2. The fourth-order valence-electron chi connectivity index (χ4n) is 13.0. The standard InChI is InChI=1S/C40H38/c1-5-31-11-9-13-36(34(31)7-3)40(37-14-10-12-32(6-2)35(37)8-4)33-19-29-18-30(20-33)25-39(40,24-29)38-21-26-15-27(22-38)17-28(16-26)23-38/h1-4,9-14,26-30,33H,15-25H2. The van der Waals surface area contributed by atoms with Crippen molar-refractivity contribution >= 4 is 0 Å². The maximum atomic E-state index is 6.41. The molecular formula is C40H38. The van der Waals surface area contributed by atoms with E-state index >= 15 is 0 Å². The smallest absolute Gasteiger partial charge is 0.0440 e. The van der Waals surface area contributed by atoms with E-state index in [2.05, 4.69) is 47.9 Å². The molecule has 8 aliphatic rings. The molecule has 40 heavy (non-hydrogen) atoms. The van der Waals surface area contributed by atoms with Crippen LogP contribution in [0.1, 0.15) is 104 Å². The molecule has 0 spiro atoms. The van der Waals surface area contributed by atoms with E-state index in [4.69, 9.17) is 25.7 Å². The molecule has 8 fully saturated rings. The topological polar surface area (TPSA) is 0 Å². The lowest BCUT2D eigenvalue weighted by Gasteiger charge is -2.77. The van der Waals surface area contributed by atoms with Gasteiger partial charge in [0.05, 0.1) is 0 Å². The summed E-state index contributed by atoms with van der Waals surface area (Å²) >= 11 is 0. The molecule has 0 saturated heterocycles. The van der Waals surface area contributed by atoms with Crippen molar-refractivity contribution in [3.8, 4) is 49.4 Å². The third-order valence-corrected chi connectivity index (χ3v) is 13.2. The zero-order valence-corrected chi connectivity index (χ0v) is 23.5. The molecule has 8 saturated carbocycles. The second-order valence-corrected chi connectivity index (χ2v) is 14.7. The monoisotopic (exact) mass is 518 g/mol. The minimum atomic E-state index is -0.283. The van der Waals surface area contributed by atoms with E-state index in [1.165, 1.54) is 81.8 Å². The second-order valence-electron chi connectivity index (χ2n) is 14.7. The molecule has 2 atom stereocenters. The van der Waals surface area contributed by atoms with Crippen LogP contribution in [0.25, 0.3) is 0 Å². The lowest BCUT2D eigenvalue weighted by atomic mass is 9.26. The lowest BCUT2D eigenvalue weighted by molar-refractivity contribution is -0.234. The van der Waals surface area contributed by atoms with Crippen molar-refractivity contribution in [3.05, 3.63) is 69.8 Å². The molecule has 0 heterocycles. The Labute approximate surface area is 241 Å². The van der Waals surface area contributed by atoms with Gasteiger partial charge in [0.25, 0.3) is 0 Å². The second kappa shape index (κ2) is 8.35. The zero-order valence-electron chi connectivity index (χ0n) is 23.5. The van der Waals surface area contributed by atoms with Gasteiger partial charge in [-0.05, 0) is 140 Å². The Morgan fingerprint density at radius 1 is 0.525 bits per heavy atom. The molecule has 2 aromatic rings. The third kappa shape index (κ3) is 2.84. The van der Waals surface area contributed by atoms with Crippen molar-refractivity contribution < 1.29 is 0 Å². The summed E-state index contributed by atoms with van der Waals surface area (Å²) in [4.78, 5) is 0. The van der Waals surface area contributed by atoms with Crippen LogP contribution in [0.2, 0.25) is 0 Å². The van der Waals surface area contributed by atoms with E-state index in [-0.39, 0.29) is 10.8 Å². The molecule has 0 nitrogen and oxygen atoms in total. The van der Waals surface area contributed by atoms with E-state index in [0.717, 1.165) is 51.8 Å². The summed E-state index contributed by atoms with van der Waals surface area (Å²) in [6.45, 7) is 0. The molecule has 198 valence electrons. The first-order valence-corrected chi connectivity index (χ1v) is 15.6. The van der Waals surface area contributed by atoms with Crippen molar-refractivity contribution in [1.29, 1.82) is 0 Å². The largest absolute Gasteiger partial charge is 0.115 e. The summed E-state index contributed by atoms with van der Waals surface area (Å²) in [5.41, 5.74) is 6.21. The first-order valence-electron chi connectivity index (χ1n) is 15.6. The van der Waals surface area contributed by atoms with E-state index in [1.54, 1.807) is 0 Å². The van der Waals surface area contributed by atoms with Gasteiger partial charge in [-0.15, -0.1) is 25.7 Å². The van der Waals surface area contributed by atoms with Crippen LogP contribution >= 0.6 is 0 Å². The average molecular weight is 519 g/mol. The highest BCUT2D eigenvalue weighted by Crippen LogP contribution is 2.81. The van der Waals surface area contributed by atoms with Crippen LogP contribution in [-0.2, 0) is 5.41 Å². The Hall–Kier alpha value is -3.32. The Morgan fingerprint density at radius 3 is 1.35 bits per heavy atom. The van der Waals surface area contributed by atoms with Crippen molar-refractivity contribution in [2.24, 2.45) is 46.3 Å². The Bertz CT molecular complexity index is 1460. The van der Waals surface area contributed by atoms with Gasteiger partial charge in [-0.2, -0.15) is 0 Å². The normalized spacial score (nSPS) is 39.2. The Kier molecular flexibility index (Phi) is 5.11. The maximum Gasteiger partial charge on any atom is 0.0440 e. The molecule has 0 amide bonds. The zero-order chi connectivity index (χ0) is 27.3. The van der Waals surface area contributed by atoms with E-state index < -0.39 is 0 Å². The lowest BCUT2D eigenvalue weighted by Crippen LogP contribution is -2.71. The van der Waals surface area contributed by atoms with E-state index in [0.29, 0.717) is 11.3 Å². The number of terminal acetylenes is 4. The molecule has 0 N–H and O–H groups in total. The summed E-state index contributed by atoms with van der Waals surface area (Å²) in [6.07, 6.45) is 40.1. The first kappa shape index (κ1) is 24.5. The molecular weight excluding hydrogens is 480 g/mol. The van der Waals surface area contributed by atoms with Crippen LogP contribution in [0.3, 0.4) is 0 Å². The van der Waals surface area contributed by atoms with Crippen LogP contribution in [0.4, 0.5) is 0 Å². The number of rotatable bonds is 3. The summed E-state index contributed by atoms with van der Waals surface area (Å²) in [5.74, 6) is 16.9. The Balaban J connectivity index is 1.52. The molecule has 0 heteroatoms. The van der Waals surface area contributed by atoms with E-state index in [9.17, 15) is 0 Å². The van der Waals surface area contributed by atoms with Crippen LogP contribution in [-0.4, -0.2) is 0 Å². The molecule has 8 aliphatic carbocycles. The molecule has 0 aromatic heterocycles. The van der Waals surface area contributed by atoms with E-state index in [1.807, 2.05) is 12.1 Å². The highest BCUT2D eigenvalue weighted by molar-refractivity contribution is 5.65. The fourth-order valence-corrected chi connectivity index (χ4v) is 13.0. The molecule has 10 rings (SSSR count). The SMILES string of the molecule is C#Cc1cccc(C2(c3cccc(C#C)c3C#C)C3CC4CC(C3)CC2(C23CC5CC(CC(C5)C2)C3)C4)c1C#C. The van der Waals surface area contributed by atoms with Gasteiger partial charge in [0.15, 0.2) is 0 Å². The Morgan fingerprint density at radius 2 is 0.950 bits per heavy atom. The minimum absolute atomic E-state index is 0.113. The highest BCUT2D eigenvalue weighted by Gasteiger charge is 2.75. The average Bonchev–Trinajstić information content (AvgIpc) is 2.95. The predicted molar refractivity (Wildman–Crippen MR) is 162 cm³/mol. The summed E-state index contributed by atoms with van der Waals surface area (Å²) < 4.78 is 0. The van der Waals surface area contributed by atoms with Gasteiger partial charge < -0.3 is 0 Å². The summed E-state index contributed by atoms with van der Waals surface area (Å²) in [7, 11) is 0. The van der Waals surface area contributed by atoms with Crippen molar-refractivity contribution in [3.63, 3.8) is 0 Å². The van der Waals surface area contributed by atoms with Gasteiger partial charge in [0.1, 0.15) is 0 Å². The van der Waals surface area contributed by atoms with Crippen LogP contribution in [0.5, 0.6) is 0 Å². The molecule has 2 unspecified atom stereocenters. The predicted octanol–water partition coefficient (Wildman–Crippen LogP) is 7.94. The molecule has 2 aromatic carbocycles. The quantitative estimate of drug-likeness (QED) is 0.362. The van der Waals surface area contributed by atoms with Gasteiger partial charge in [0.2, 0.25) is 0 Å². The van der Waals surface area contributed by atoms with Gasteiger partial charge in [0, 0.05) is 27.7 Å². The highest BCUT2D eigenvalue weighted by atomic mass is 14.8. The summed E-state index contributed by atoms with van der Waals surface area (Å²) in [6, 6.07) is 13.0. The van der Waals surface area contributed by atoms with Gasteiger partial charge in [-0.1, -0.05) is 47.9 Å². The molecule has 8 bridgehead atoms.